The number of ether oxygens (including phenoxy) is 1. The molecule has 0 aliphatic carbocycles. The van der Waals surface area contributed by atoms with Gasteiger partial charge < -0.3 is 4.74 Å². The summed E-state index contributed by atoms with van der Waals surface area (Å²) in [5.74, 6) is 0.579. The van der Waals surface area contributed by atoms with Gasteiger partial charge in [0.25, 0.3) is 0 Å². The topological polar surface area (TPSA) is 38.2 Å². The standard InChI is InChI=1S/C14H16ClN3O/c15-14-16-12-6-2-1-5-11(12)13(17-14)19-10-9-18-7-3-4-8-18/h1-2,5-6H,3-4,7-10H2. The smallest absolute Gasteiger partial charge is 0.226 e. The van der Waals surface area contributed by atoms with E-state index < -0.39 is 0 Å². The minimum Gasteiger partial charge on any atom is -0.476 e. The molecule has 100 valence electrons. The highest BCUT2D eigenvalue weighted by molar-refractivity contribution is 6.28. The van der Waals surface area contributed by atoms with Crippen LogP contribution < -0.4 is 4.74 Å². The molecule has 5 heteroatoms. The molecule has 19 heavy (non-hydrogen) atoms. The summed E-state index contributed by atoms with van der Waals surface area (Å²) in [5, 5.41) is 1.14. The first kappa shape index (κ1) is 12.6. The Hall–Kier alpha value is -1.39. The number of nitrogens with zero attached hydrogens (tertiary/aromatic N) is 3. The van der Waals surface area contributed by atoms with Crippen LogP contribution in [0.2, 0.25) is 5.28 Å². The third-order valence-electron chi connectivity index (χ3n) is 3.39. The number of hydrogen-bond acceptors (Lipinski definition) is 4. The van der Waals surface area contributed by atoms with E-state index in [4.69, 9.17) is 16.3 Å². The molecular formula is C14H16ClN3O. The first-order valence-electron chi connectivity index (χ1n) is 6.60. The summed E-state index contributed by atoms with van der Waals surface area (Å²) in [6.07, 6.45) is 2.59. The van der Waals surface area contributed by atoms with Crippen molar-refractivity contribution in [2.24, 2.45) is 0 Å². The second-order valence-corrected chi connectivity index (χ2v) is 5.05. The number of para-hydroxylation sites is 1. The van der Waals surface area contributed by atoms with Crippen molar-refractivity contribution in [3.63, 3.8) is 0 Å². The molecule has 1 saturated heterocycles. The number of aromatic nitrogens is 2. The number of rotatable bonds is 4. The SMILES string of the molecule is Clc1nc(OCCN2CCCC2)c2ccccc2n1. The molecule has 2 heterocycles. The molecule has 1 aromatic heterocycles. The van der Waals surface area contributed by atoms with Gasteiger partial charge in [-0.05, 0) is 49.7 Å². The molecule has 0 bridgehead atoms. The van der Waals surface area contributed by atoms with Crippen LogP contribution in [-0.2, 0) is 0 Å². The van der Waals surface area contributed by atoms with Gasteiger partial charge >= 0.3 is 0 Å². The van der Waals surface area contributed by atoms with Crippen molar-refractivity contribution in [2.45, 2.75) is 12.8 Å². The van der Waals surface area contributed by atoms with Crippen LogP contribution in [-0.4, -0.2) is 41.1 Å². The summed E-state index contributed by atoms with van der Waals surface area (Å²) in [7, 11) is 0. The van der Waals surface area contributed by atoms with Crippen LogP contribution in [0.4, 0.5) is 0 Å². The van der Waals surface area contributed by atoms with Gasteiger partial charge in [-0.15, -0.1) is 0 Å². The lowest BCUT2D eigenvalue weighted by Crippen LogP contribution is -2.25. The van der Waals surface area contributed by atoms with Crippen molar-refractivity contribution >= 4 is 22.5 Å². The van der Waals surface area contributed by atoms with Crippen molar-refractivity contribution in [1.82, 2.24) is 14.9 Å². The molecule has 0 atom stereocenters. The zero-order valence-corrected chi connectivity index (χ0v) is 11.4. The summed E-state index contributed by atoms with van der Waals surface area (Å²) >= 11 is 5.92. The maximum Gasteiger partial charge on any atom is 0.226 e. The molecule has 1 aliphatic rings. The van der Waals surface area contributed by atoms with Gasteiger partial charge in [0.1, 0.15) is 6.61 Å². The molecule has 2 aromatic rings. The normalized spacial score (nSPS) is 16.1. The van der Waals surface area contributed by atoms with Crippen LogP contribution in [0.25, 0.3) is 10.9 Å². The molecule has 0 unspecified atom stereocenters. The van der Waals surface area contributed by atoms with E-state index in [1.807, 2.05) is 24.3 Å². The highest BCUT2D eigenvalue weighted by Gasteiger charge is 2.12. The average molecular weight is 278 g/mol. The first-order valence-corrected chi connectivity index (χ1v) is 6.98. The van der Waals surface area contributed by atoms with E-state index in [9.17, 15) is 0 Å². The lowest BCUT2D eigenvalue weighted by molar-refractivity contribution is 0.234. The first-order chi connectivity index (χ1) is 9.33. The van der Waals surface area contributed by atoms with E-state index in [-0.39, 0.29) is 5.28 Å². The largest absolute Gasteiger partial charge is 0.476 e. The van der Waals surface area contributed by atoms with Crippen LogP contribution in [0, 0.1) is 0 Å². The number of likely N-dealkylation sites (tertiary alicyclic amines) is 1. The number of fused-ring (bicyclic) bond motifs is 1. The summed E-state index contributed by atoms with van der Waals surface area (Å²) < 4.78 is 5.78. The van der Waals surface area contributed by atoms with Crippen molar-refractivity contribution in [3.8, 4) is 5.88 Å². The molecule has 0 saturated carbocycles. The Bertz CT molecular complexity index is 570. The van der Waals surface area contributed by atoms with Crippen molar-refractivity contribution in [2.75, 3.05) is 26.2 Å². The predicted octanol–water partition coefficient (Wildman–Crippen LogP) is 2.76. The van der Waals surface area contributed by atoms with Gasteiger partial charge in [0, 0.05) is 6.54 Å². The summed E-state index contributed by atoms with van der Waals surface area (Å²) in [6.45, 7) is 3.93. The highest BCUT2D eigenvalue weighted by atomic mass is 35.5. The average Bonchev–Trinajstić information content (AvgIpc) is 2.91. The Morgan fingerprint density at radius 2 is 1.95 bits per heavy atom. The van der Waals surface area contributed by atoms with E-state index in [1.54, 1.807) is 0 Å². The Labute approximate surface area is 117 Å². The lowest BCUT2D eigenvalue weighted by Gasteiger charge is -2.15. The minimum absolute atomic E-state index is 0.231. The molecule has 1 aromatic carbocycles. The summed E-state index contributed by atoms with van der Waals surface area (Å²) in [4.78, 5) is 10.8. The third-order valence-corrected chi connectivity index (χ3v) is 3.55. The molecule has 0 N–H and O–H groups in total. The van der Waals surface area contributed by atoms with E-state index in [2.05, 4.69) is 14.9 Å². The summed E-state index contributed by atoms with van der Waals surface area (Å²) in [6, 6.07) is 7.75. The van der Waals surface area contributed by atoms with Crippen molar-refractivity contribution < 1.29 is 4.74 Å². The van der Waals surface area contributed by atoms with Gasteiger partial charge in [-0.1, -0.05) is 12.1 Å². The molecule has 3 rings (SSSR count). The van der Waals surface area contributed by atoms with E-state index in [0.717, 1.165) is 17.4 Å². The monoisotopic (exact) mass is 277 g/mol. The minimum atomic E-state index is 0.231. The maximum absolute atomic E-state index is 5.92. The Morgan fingerprint density at radius 1 is 1.16 bits per heavy atom. The van der Waals surface area contributed by atoms with E-state index in [1.165, 1.54) is 25.9 Å². The molecule has 0 radical (unpaired) electrons. The fraction of sp³-hybridized carbons (Fsp3) is 0.429. The van der Waals surface area contributed by atoms with Crippen LogP contribution in [0.5, 0.6) is 5.88 Å². The fourth-order valence-electron chi connectivity index (χ4n) is 2.41. The molecule has 0 amide bonds. The Kier molecular flexibility index (Phi) is 3.80. The predicted molar refractivity (Wildman–Crippen MR) is 75.7 cm³/mol. The molecule has 1 fully saturated rings. The maximum atomic E-state index is 5.92. The van der Waals surface area contributed by atoms with Crippen molar-refractivity contribution in [3.05, 3.63) is 29.5 Å². The van der Waals surface area contributed by atoms with Gasteiger partial charge in [0.15, 0.2) is 0 Å². The Balaban J connectivity index is 1.72. The molecular weight excluding hydrogens is 262 g/mol. The number of hydrogen-bond donors (Lipinski definition) is 0. The van der Waals surface area contributed by atoms with Gasteiger partial charge in [-0.2, -0.15) is 4.98 Å². The fourth-order valence-corrected chi connectivity index (χ4v) is 2.58. The van der Waals surface area contributed by atoms with E-state index >= 15 is 0 Å². The lowest BCUT2D eigenvalue weighted by atomic mass is 10.2. The number of halogens is 1. The van der Waals surface area contributed by atoms with Crippen LogP contribution in [0.3, 0.4) is 0 Å². The number of benzene rings is 1. The molecule has 1 aliphatic heterocycles. The quantitative estimate of drug-likeness (QED) is 0.806. The molecule has 4 nitrogen and oxygen atoms in total. The van der Waals surface area contributed by atoms with Gasteiger partial charge in [-0.25, -0.2) is 4.98 Å². The van der Waals surface area contributed by atoms with Crippen LogP contribution in [0.1, 0.15) is 12.8 Å². The third kappa shape index (κ3) is 2.96. The highest BCUT2D eigenvalue weighted by Crippen LogP contribution is 2.23. The zero-order valence-electron chi connectivity index (χ0n) is 10.7. The van der Waals surface area contributed by atoms with Gasteiger partial charge in [0.2, 0.25) is 11.2 Å². The van der Waals surface area contributed by atoms with E-state index in [0.29, 0.717) is 12.5 Å². The van der Waals surface area contributed by atoms with Gasteiger partial charge in [0.05, 0.1) is 10.9 Å². The second kappa shape index (κ2) is 5.72. The van der Waals surface area contributed by atoms with Crippen LogP contribution in [0.15, 0.2) is 24.3 Å². The zero-order chi connectivity index (χ0) is 13.1. The second-order valence-electron chi connectivity index (χ2n) is 4.71. The Morgan fingerprint density at radius 3 is 2.79 bits per heavy atom. The summed E-state index contributed by atoms with van der Waals surface area (Å²) in [5.41, 5.74) is 0.818. The molecule has 0 spiro atoms. The van der Waals surface area contributed by atoms with Crippen molar-refractivity contribution in [1.29, 1.82) is 0 Å². The van der Waals surface area contributed by atoms with Crippen LogP contribution >= 0.6 is 11.6 Å². The van der Waals surface area contributed by atoms with Gasteiger partial charge in [-0.3, -0.25) is 4.90 Å².